The first-order valence-corrected chi connectivity index (χ1v) is 10.8. The van der Waals surface area contributed by atoms with Crippen molar-refractivity contribution in [1.29, 1.82) is 0 Å². The van der Waals surface area contributed by atoms with Crippen LogP contribution in [0.15, 0.2) is 65.1 Å². The number of ether oxygens (including phenoxy) is 1. The molecule has 2 heterocycles. The molecule has 11 heteroatoms. The van der Waals surface area contributed by atoms with Gasteiger partial charge in [0, 0.05) is 38.8 Å². The van der Waals surface area contributed by atoms with Gasteiger partial charge in [0.2, 0.25) is 0 Å². The second-order valence-electron chi connectivity index (χ2n) is 8.05. The van der Waals surface area contributed by atoms with Gasteiger partial charge in [-0.2, -0.15) is 13.2 Å². The third-order valence-corrected chi connectivity index (χ3v) is 5.62. The van der Waals surface area contributed by atoms with Crippen molar-refractivity contribution in [3.63, 3.8) is 0 Å². The fraction of sp³-hybridized carbons (Fsp3) is 0.292. The lowest BCUT2D eigenvalue weighted by Crippen LogP contribution is -2.48. The number of nitro benzene ring substituents is 1. The summed E-state index contributed by atoms with van der Waals surface area (Å²) in [6.07, 6.45) is -4.39. The molecule has 1 amide bonds. The zero-order valence-electron chi connectivity index (χ0n) is 18.5. The molecule has 3 aromatic rings. The van der Waals surface area contributed by atoms with E-state index in [2.05, 4.69) is 0 Å². The first-order chi connectivity index (χ1) is 16.7. The van der Waals surface area contributed by atoms with Crippen molar-refractivity contribution >= 4 is 11.6 Å². The van der Waals surface area contributed by atoms with Crippen molar-refractivity contribution in [3.8, 4) is 5.75 Å². The van der Waals surface area contributed by atoms with Gasteiger partial charge in [0.25, 0.3) is 5.91 Å². The normalized spacial score (nSPS) is 14.7. The van der Waals surface area contributed by atoms with Gasteiger partial charge < -0.3 is 14.1 Å². The lowest BCUT2D eigenvalue weighted by molar-refractivity contribution is -0.386. The SMILES string of the molecule is O=C(c1ccc(COc2ccccc2[N+](=O)[O-])o1)N1CCN(Cc2cccc(C(F)(F)F)c2)CC1. The molecule has 1 saturated heterocycles. The molecule has 4 rings (SSSR count). The predicted octanol–water partition coefficient (Wildman–Crippen LogP) is 4.74. The molecule has 1 aliphatic rings. The molecule has 0 saturated carbocycles. The zero-order valence-corrected chi connectivity index (χ0v) is 18.5. The molecule has 1 aromatic heterocycles. The first kappa shape index (κ1) is 24.3. The van der Waals surface area contributed by atoms with Crippen molar-refractivity contribution in [2.45, 2.75) is 19.3 Å². The van der Waals surface area contributed by atoms with Gasteiger partial charge in [0.1, 0.15) is 12.4 Å². The third-order valence-electron chi connectivity index (χ3n) is 5.62. The fourth-order valence-electron chi connectivity index (χ4n) is 3.82. The highest BCUT2D eigenvalue weighted by Gasteiger charge is 2.31. The summed E-state index contributed by atoms with van der Waals surface area (Å²) in [7, 11) is 0. The van der Waals surface area contributed by atoms with Crippen LogP contribution in [0.5, 0.6) is 5.75 Å². The number of nitrogens with zero attached hydrogens (tertiary/aromatic N) is 3. The van der Waals surface area contributed by atoms with Crippen molar-refractivity contribution < 1.29 is 32.0 Å². The maximum atomic E-state index is 12.9. The van der Waals surface area contributed by atoms with Crippen LogP contribution >= 0.6 is 0 Å². The zero-order chi connectivity index (χ0) is 25.0. The number of para-hydroxylation sites is 2. The quantitative estimate of drug-likeness (QED) is 0.352. The fourth-order valence-corrected chi connectivity index (χ4v) is 3.82. The number of piperazine rings is 1. The minimum Gasteiger partial charge on any atom is -0.479 e. The average Bonchev–Trinajstić information content (AvgIpc) is 3.32. The van der Waals surface area contributed by atoms with E-state index in [0.29, 0.717) is 44.0 Å². The molecule has 0 unspecified atom stereocenters. The average molecular weight is 489 g/mol. The number of rotatable bonds is 7. The molecule has 0 bridgehead atoms. The Kier molecular flexibility index (Phi) is 7.06. The monoisotopic (exact) mass is 489 g/mol. The summed E-state index contributed by atoms with van der Waals surface area (Å²) in [5.74, 6) is 0.256. The molecule has 0 aliphatic carbocycles. The van der Waals surface area contributed by atoms with Crippen LogP contribution in [-0.4, -0.2) is 46.8 Å². The molecule has 184 valence electrons. The van der Waals surface area contributed by atoms with Crippen LogP contribution in [0.2, 0.25) is 0 Å². The van der Waals surface area contributed by atoms with Crippen LogP contribution in [0.1, 0.15) is 27.4 Å². The highest BCUT2D eigenvalue weighted by atomic mass is 19.4. The van der Waals surface area contributed by atoms with E-state index in [1.54, 1.807) is 23.1 Å². The summed E-state index contributed by atoms with van der Waals surface area (Å²) in [6, 6.07) is 14.3. The Morgan fingerprint density at radius 1 is 1.03 bits per heavy atom. The molecule has 0 spiro atoms. The number of nitro groups is 1. The second-order valence-corrected chi connectivity index (χ2v) is 8.05. The second kappa shape index (κ2) is 10.2. The van der Waals surface area contributed by atoms with Gasteiger partial charge in [0.15, 0.2) is 11.5 Å². The van der Waals surface area contributed by atoms with E-state index < -0.39 is 16.7 Å². The van der Waals surface area contributed by atoms with Gasteiger partial charge in [-0.1, -0.05) is 30.3 Å². The van der Waals surface area contributed by atoms with Crippen LogP contribution in [0.3, 0.4) is 0 Å². The summed E-state index contributed by atoms with van der Waals surface area (Å²) in [4.78, 5) is 27.0. The number of carbonyl (C=O) groups excluding carboxylic acids is 1. The number of carbonyl (C=O) groups is 1. The molecule has 1 aliphatic heterocycles. The minimum atomic E-state index is -4.39. The lowest BCUT2D eigenvalue weighted by atomic mass is 10.1. The molecule has 35 heavy (non-hydrogen) atoms. The molecule has 0 radical (unpaired) electrons. The third kappa shape index (κ3) is 5.99. The Hall–Kier alpha value is -3.86. The maximum absolute atomic E-state index is 12.9. The van der Waals surface area contributed by atoms with Crippen molar-refractivity contribution in [1.82, 2.24) is 9.80 Å². The molecule has 8 nitrogen and oxygen atoms in total. The predicted molar refractivity (Wildman–Crippen MR) is 119 cm³/mol. The van der Waals surface area contributed by atoms with E-state index in [9.17, 15) is 28.1 Å². The standard InChI is InChI=1S/C24H22F3N3O5/c25-24(26,27)18-5-3-4-17(14-18)15-28-10-12-29(13-11-28)23(31)22-9-8-19(35-22)16-34-21-7-2-1-6-20(21)30(32)33/h1-9,14H,10-13,15-16H2. The van der Waals surface area contributed by atoms with Crippen LogP contribution in [0.4, 0.5) is 18.9 Å². The number of halogens is 3. The number of hydrogen-bond donors (Lipinski definition) is 0. The highest BCUT2D eigenvalue weighted by Crippen LogP contribution is 2.30. The van der Waals surface area contributed by atoms with Gasteiger partial charge >= 0.3 is 11.9 Å². The maximum Gasteiger partial charge on any atom is 0.416 e. The van der Waals surface area contributed by atoms with Crippen LogP contribution < -0.4 is 4.74 Å². The van der Waals surface area contributed by atoms with E-state index >= 15 is 0 Å². The Morgan fingerprint density at radius 3 is 2.49 bits per heavy atom. The van der Waals surface area contributed by atoms with Crippen LogP contribution in [0.25, 0.3) is 0 Å². The van der Waals surface area contributed by atoms with Crippen molar-refractivity contribution in [2.24, 2.45) is 0 Å². The molecular formula is C24H22F3N3O5. The Balaban J connectivity index is 1.30. The summed E-state index contributed by atoms with van der Waals surface area (Å²) in [5.41, 5.74) is -0.282. The minimum absolute atomic E-state index is 0.0805. The molecular weight excluding hydrogens is 467 g/mol. The number of alkyl halides is 3. The van der Waals surface area contributed by atoms with E-state index in [1.807, 2.05) is 4.90 Å². The Bertz CT molecular complexity index is 1200. The number of hydrogen-bond acceptors (Lipinski definition) is 6. The molecule has 0 atom stereocenters. The number of benzene rings is 2. The van der Waals surface area contributed by atoms with Crippen molar-refractivity contribution in [3.05, 3.63) is 93.4 Å². The molecule has 1 fully saturated rings. The Morgan fingerprint density at radius 2 is 1.77 bits per heavy atom. The van der Waals surface area contributed by atoms with Gasteiger partial charge in [-0.15, -0.1) is 0 Å². The van der Waals surface area contributed by atoms with E-state index in [0.717, 1.165) is 12.1 Å². The van der Waals surface area contributed by atoms with Crippen LogP contribution in [-0.2, 0) is 19.3 Å². The highest BCUT2D eigenvalue weighted by molar-refractivity contribution is 5.91. The van der Waals surface area contributed by atoms with Gasteiger partial charge in [-0.25, -0.2) is 0 Å². The number of furan rings is 1. The molecule has 0 N–H and O–H groups in total. The number of amides is 1. The van der Waals surface area contributed by atoms with E-state index in [1.165, 1.54) is 30.3 Å². The summed E-state index contributed by atoms with van der Waals surface area (Å²) in [6.45, 7) is 2.11. The van der Waals surface area contributed by atoms with E-state index in [-0.39, 0.29) is 29.7 Å². The topological polar surface area (TPSA) is 89.1 Å². The van der Waals surface area contributed by atoms with E-state index in [4.69, 9.17) is 9.15 Å². The lowest BCUT2D eigenvalue weighted by Gasteiger charge is -2.34. The first-order valence-electron chi connectivity index (χ1n) is 10.8. The van der Waals surface area contributed by atoms with Gasteiger partial charge in [0.05, 0.1) is 10.5 Å². The van der Waals surface area contributed by atoms with Crippen LogP contribution in [0, 0.1) is 10.1 Å². The van der Waals surface area contributed by atoms with Gasteiger partial charge in [-0.05, 0) is 29.8 Å². The van der Waals surface area contributed by atoms with Crippen molar-refractivity contribution in [2.75, 3.05) is 26.2 Å². The van der Waals surface area contributed by atoms with Gasteiger partial charge in [-0.3, -0.25) is 19.8 Å². The molecule has 2 aromatic carbocycles. The smallest absolute Gasteiger partial charge is 0.416 e. The summed E-state index contributed by atoms with van der Waals surface area (Å²) in [5, 5.41) is 11.1. The summed E-state index contributed by atoms with van der Waals surface area (Å²) >= 11 is 0. The Labute approximate surface area is 198 Å². The summed E-state index contributed by atoms with van der Waals surface area (Å²) < 4.78 is 49.9. The largest absolute Gasteiger partial charge is 0.479 e.